The molecule has 0 radical (unpaired) electrons. The molecule has 0 unspecified atom stereocenters. The first-order valence-electron chi connectivity index (χ1n) is 10.2. The Labute approximate surface area is 198 Å². The standard InChI is InChI=1S/C24H24ClN3O4S/c25-21-9-5-4-8-20(21)24(30)28-22(18-6-2-1-3-7-18)16-23(29)27-15-14-17-10-12-19(13-11-17)33(26,31)32/h1-13,22H,14-16H2,(H,27,29)(H,28,30)(H2,26,31,32)/t22-/m1/s1. The van der Waals surface area contributed by atoms with Crippen molar-refractivity contribution < 1.29 is 18.0 Å². The van der Waals surface area contributed by atoms with Crippen LogP contribution in [-0.4, -0.2) is 26.8 Å². The van der Waals surface area contributed by atoms with Crippen molar-refractivity contribution >= 4 is 33.4 Å². The highest BCUT2D eigenvalue weighted by molar-refractivity contribution is 7.89. The van der Waals surface area contributed by atoms with Crippen LogP contribution in [-0.2, 0) is 21.2 Å². The summed E-state index contributed by atoms with van der Waals surface area (Å²) in [7, 11) is -3.74. The molecule has 0 saturated carbocycles. The molecular formula is C24H24ClN3O4S. The summed E-state index contributed by atoms with van der Waals surface area (Å²) >= 11 is 6.14. The topological polar surface area (TPSA) is 118 Å². The largest absolute Gasteiger partial charge is 0.356 e. The molecule has 0 heterocycles. The summed E-state index contributed by atoms with van der Waals surface area (Å²) in [5.41, 5.74) is 1.99. The highest BCUT2D eigenvalue weighted by Gasteiger charge is 2.20. The number of carbonyl (C=O) groups is 2. The van der Waals surface area contributed by atoms with Crippen LogP contribution in [0.5, 0.6) is 0 Å². The van der Waals surface area contributed by atoms with Crippen LogP contribution in [0.4, 0.5) is 0 Å². The van der Waals surface area contributed by atoms with E-state index in [1.165, 1.54) is 12.1 Å². The van der Waals surface area contributed by atoms with Gasteiger partial charge >= 0.3 is 0 Å². The number of primary sulfonamides is 1. The number of rotatable bonds is 9. The molecule has 0 aromatic heterocycles. The van der Waals surface area contributed by atoms with Gasteiger partial charge < -0.3 is 10.6 Å². The second-order valence-corrected chi connectivity index (χ2v) is 9.38. The van der Waals surface area contributed by atoms with Gasteiger partial charge in [0.2, 0.25) is 15.9 Å². The maximum absolute atomic E-state index is 12.7. The zero-order valence-corrected chi connectivity index (χ0v) is 19.3. The van der Waals surface area contributed by atoms with Crippen LogP contribution in [0.2, 0.25) is 5.02 Å². The molecule has 1 atom stereocenters. The Morgan fingerprint density at radius 1 is 0.909 bits per heavy atom. The second kappa shape index (κ2) is 11.1. The Hall–Kier alpha value is -3.20. The van der Waals surface area contributed by atoms with Gasteiger partial charge in [-0.15, -0.1) is 0 Å². The molecule has 0 aliphatic carbocycles. The molecule has 33 heavy (non-hydrogen) atoms. The predicted octanol–water partition coefficient (Wildman–Crippen LogP) is 3.21. The van der Waals surface area contributed by atoms with Gasteiger partial charge in [-0.05, 0) is 41.8 Å². The van der Waals surface area contributed by atoms with Crippen LogP contribution in [0, 0.1) is 0 Å². The van der Waals surface area contributed by atoms with Crippen LogP contribution in [0.15, 0.2) is 83.8 Å². The SMILES string of the molecule is NS(=O)(=O)c1ccc(CCNC(=O)C[C@@H](NC(=O)c2ccccc2Cl)c2ccccc2)cc1. The lowest BCUT2D eigenvalue weighted by Gasteiger charge is -2.19. The number of hydrogen-bond donors (Lipinski definition) is 3. The third kappa shape index (κ3) is 7.15. The first kappa shape index (κ1) is 24.4. The first-order chi connectivity index (χ1) is 15.7. The number of benzene rings is 3. The molecule has 3 aromatic rings. The fraction of sp³-hybridized carbons (Fsp3) is 0.167. The molecule has 2 amide bonds. The zero-order chi connectivity index (χ0) is 23.8. The molecule has 3 aromatic carbocycles. The molecular weight excluding hydrogens is 462 g/mol. The zero-order valence-electron chi connectivity index (χ0n) is 17.7. The molecule has 0 spiro atoms. The third-order valence-electron chi connectivity index (χ3n) is 5.00. The highest BCUT2D eigenvalue weighted by atomic mass is 35.5. The Morgan fingerprint density at radius 2 is 1.55 bits per heavy atom. The maximum atomic E-state index is 12.7. The number of nitrogens with two attached hydrogens (primary N) is 1. The van der Waals surface area contributed by atoms with Crippen LogP contribution < -0.4 is 15.8 Å². The fourth-order valence-corrected chi connectivity index (χ4v) is 4.01. The van der Waals surface area contributed by atoms with Gasteiger partial charge in [0.15, 0.2) is 0 Å². The Bertz CT molecular complexity index is 1220. The van der Waals surface area contributed by atoms with E-state index in [-0.39, 0.29) is 23.1 Å². The fourth-order valence-electron chi connectivity index (χ4n) is 3.27. The summed E-state index contributed by atoms with van der Waals surface area (Å²) in [6, 6.07) is 21.6. The minimum Gasteiger partial charge on any atom is -0.356 e. The molecule has 9 heteroatoms. The number of amides is 2. The van der Waals surface area contributed by atoms with Crippen molar-refractivity contribution in [2.45, 2.75) is 23.8 Å². The molecule has 0 bridgehead atoms. The number of hydrogen-bond acceptors (Lipinski definition) is 4. The number of nitrogens with one attached hydrogen (secondary N) is 2. The lowest BCUT2D eigenvalue weighted by Crippen LogP contribution is -2.34. The quantitative estimate of drug-likeness (QED) is 0.431. The molecule has 7 nitrogen and oxygen atoms in total. The molecule has 172 valence electrons. The normalized spacial score (nSPS) is 12.1. The molecule has 0 aliphatic rings. The van der Waals surface area contributed by atoms with Crippen LogP contribution >= 0.6 is 11.6 Å². The van der Waals surface area contributed by atoms with Crippen molar-refractivity contribution in [3.8, 4) is 0 Å². The maximum Gasteiger partial charge on any atom is 0.253 e. The van der Waals surface area contributed by atoms with Gasteiger partial charge in [0, 0.05) is 6.54 Å². The molecule has 4 N–H and O–H groups in total. The van der Waals surface area contributed by atoms with Gasteiger partial charge in [-0.2, -0.15) is 0 Å². The molecule has 0 saturated heterocycles. The summed E-state index contributed by atoms with van der Waals surface area (Å²) in [6.07, 6.45) is 0.559. The summed E-state index contributed by atoms with van der Waals surface area (Å²) < 4.78 is 22.7. The summed E-state index contributed by atoms with van der Waals surface area (Å²) in [5, 5.41) is 11.2. The van der Waals surface area contributed by atoms with E-state index < -0.39 is 16.1 Å². The van der Waals surface area contributed by atoms with Gasteiger partial charge in [0.25, 0.3) is 5.91 Å². The number of halogens is 1. The average molecular weight is 486 g/mol. The van der Waals surface area contributed by atoms with Crippen molar-refractivity contribution in [1.29, 1.82) is 0 Å². The summed E-state index contributed by atoms with van der Waals surface area (Å²) in [6.45, 7) is 0.355. The average Bonchev–Trinajstić information content (AvgIpc) is 2.79. The molecule has 0 aliphatic heterocycles. The number of carbonyl (C=O) groups excluding carboxylic acids is 2. The van der Waals surface area contributed by atoms with Crippen LogP contribution in [0.3, 0.4) is 0 Å². The van der Waals surface area contributed by atoms with Crippen molar-refractivity contribution in [2.75, 3.05) is 6.54 Å². The Balaban J connectivity index is 1.61. The van der Waals surface area contributed by atoms with Gasteiger partial charge in [0.1, 0.15) is 0 Å². The van der Waals surface area contributed by atoms with E-state index in [2.05, 4.69) is 10.6 Å². The van der Waals surface area contributed by atoms with Gasteiger partial charge in [-0.25, -0.2) is 13.6 Å². The minimum absolute atomic E-state index is 0.0373. The van der Waals surface area contributed by atoms with E-state index in [0.29, 0.717) is 23.6 Å². The lowest BCUT2D eigenvalue weighted by atomic mass is 10.0. The first-order valence-corrected chi connectivity index (χ1v) is 12.2. The second-order valence-electron chi connectivity index (χ2n) is 7.41. The molecule has 0 fully saturated rings. The van der Waals surface area contributed by atoms with Crippen molar-refractivity contribution in [1.82, 2.24) is 10.6 Å². The summed E-state index contributed by atoms with van der Waals surface area (Å²) in [5.74, 6) is -0.596. The highest BCUT2D eigenvalue weighted by Crippen LogP contribution is 2.20. The van der Waals surface area contributed by atoms with E-state index in [1.807, 2.05) is 30.3 Å². The third-order valence-corrected chi connectivity index (χ3v) is 6.26. The van der Waals surface area contributed by atoms with Crippen molar-refractivity contribution in [3.05, 3.63) is 101 Å². The van der Waals surface area contributed by atoms with Crippen LogP contribution in [0.1, 0.15) is 33.9 Å². The van der Waals surface area contributed by atoms with E-state index in [9.17, 15) is 18.0 Å². The van der Waals surface area contributed by atoms with E-state index in [0.717, 1.165) is 11.1 Å². The van der Waals surface area contributed by atoms with E-state index >= 15 is 0 Å². The lowest BCUT2D eigenvalue weighted by molar-refractivity contribution is -0.121. The van der Waals surface area contributed by atoms with E-state index in [4.69, 9.17) is 16.7 Å². The summed E-state index contributed by atoms with van der Waals surface area (Å²) in [4.78, 5) is 25.4. The Morgan fingerprint density at radius 3 is 2.18 bits per heavy atom. The smallest absolute Gasteiger partial charge is 0.253 e. The predicted molar refractivity (Wildman–Crippen MR) is 127 cm³/mol. The Kier molecular flexibility index (Phi) is 8.21. The van der Waals surface area contributed by atoms with Gasteiger partial charge in [-0.1, -0.05) is 66.2 Å². The van der Waals surface area contributed by atoms with Crippen LogP contribution in [0.25, 0.3) is 0 Å². The number of sulfonamides is 1. The van der Waals surface area contributed by atoms with Gasteiger partial charge in [-0.3, -0.25) is 9.59 Å². The minimum atomic E-state index is -3.74. The van der Waals surface area contributed by atoms with Crippen molar-refractivity contribution in [3.63, 3.8) is 0 Å². The van der Waals surface area contributed by atoms with Crippen molar-refractivity contribution in [2.24, 2.45) is 5.14 Å². The van der Waals surface area contributed by atoms with E-state index in [1.54, 1.807) is 36.4 Å². The monoisotopic (exact) mass is 485 g/mol. The van der Waals surface area contributed by atoms with Gasteiger partial charge in [0.05, 0.1) is 27.9 Å². The molecule has 3 rings (SSSR count).